The van der Waals surface area contributed by atoms with Gasteiger partial charge in [0.15, 0.2) is 5.16 Å². The molecule has 1 atom stereocenters. The number of hydrogen-bond acceptors (Lipinski definition) is 4. The summed E-state index contributed by atoms with van der Waals surface area (Å²) in [7, 11) is 0. The number of imidazole rings is 1. The molecule has 4 aromatic rings. The minimum Gasteiger partial charge on any atom is -0.491 e. The summed E-state index contributed by atoms with van der Waals surface area (Å²) in [5.41, 5.74) is 1.94. The molecule has 4 nitrogen and oxygen atoms in total. The molecule has 1 heterocycles. The number of nitrogens with one attached hydrogen (secondary N) is 1. The van der Waals surface area contributed by atoms with E-state index in [1.54, 1.807) is 0 Å². The summed E-state index contributed by atoms with van der Waals surface area (Å²) in [6, 6.07) is 22.0. The number of aromatic nitrogens is 2. The molecule has 0 bridgehead atoms. The number of benzene rings is 3. The first-order valence-electron chi connectivity index (χ1n) is 8.15. The van der Waals surface area contributed by atoms with Gasteiger partial charge in [-0.1, -0.05) is 54.2 Å². The Kier molecular flexibility index (Phi) is 4.59. The SMILES string of the molecule is OC(COc1ccc2ccccc2c1)CSc1nc2ccccc2[nH]1. The predicted molar refractivity (Wildman–Crippen MR) is 102 cm³/mol. The second-order valence-corrected chi connectivity index (χ2v) is 6.85. The topological polar surface area (TPSA) is 58.1 Å². The van der Waals surface area contributed by atoms with E-state index in [0.717, 1.165) is 27.3 Å². The van der Waals surface area contributed by atoms with Gasteiger partial charge in [-0.3, -0.25) is 0 Å². The van der Waals surface area contributed by atoms with E-state index in [2.05, 4.69) is 22.1 Å². The first kappa shape index (κ1) is 16.0. The lowest BCUT2D eigenvalue weighted by Crippen LogP contribution is -2.20. The van der Waals surface area contributed by atoms with Crippen molar-refractivity contribution in [2.75, 3.05) is 12.4 Å². The van der Waals surface area contributed by atoms with Crippen LogP contribution in [0.5, 0.6) is 5.75 Å². The highest BCUT2D eigenvalue weighted by atomic mass is 32.2. The molecule has 25 heavy (non-hydrogen) atoms. The van der Waals surface area contributed by atoms with Crippen molar-refractivity contribution in [3.05, 3.63) is 66.7 Å². The van der Waals surface area contributed by atoms with Gasteiger partial charge in [0.25, 0.3) is 0 Å². The van der Waals surface area contributed by atoms with Crippen molar-refractivity contribution in [1.29, 1.82) is 0 Å². The summed E-state index contributed by atoms with van der Waals surface area (Å²) >= 11 is 1.50. The van der Waals surface area contributed by atoms with E-state index in [1.807, 2.05) is 54.6 Å². The molecule has 0 aliphatic heterocycles. The lowest BCUT2D eigenvalue weighted by atomic mass is 10.1. The van der Waals surface area contributed by atoms with Crippen LogP contribution >= 0.6 is 11.8 Å². The number of fused-ring (bicyclic) bond motifs is 2. The first-order chi connectivity index (χ1) is 12.3. The summed E-state index contributed by atoms with van der Waals surface area (Å²) in [6.07, 6.45) is -0.565. The number of aromatic amines is 1. The zero-order valence-electron chi connectivity index (χ0n) is 13.6. The standard InChI is InChI=1S/C20H18N2O2S/c23-16(13-25-20-21-18-7-3-4-8-19(18)22-20)12-24-17-10-9-14-5-1-2-6-15(14)11-17/h1-11,16,23H,12-13H2,(H,21,22). The fraction of sp³-hybridized carbons (Fsp3) is 0.150. The lowest BCUT2D eigenvalue weighted by Gasteiger charge is -2.12. The normalized spacial score (nSPS) is 12.5. The van der Waals surface area contributed by atoms with Crippen LogP contribution in [-0.4, -0.2) is 33.5 Å². The Labute approximate surface area is 149 Å². The Hall–Kier alpha value is -2.50. The molecule has 5 heteroatoms. The number of rotatable bonds is 6. The minimum absolute atomic E-state index is 0.256. The number of ether oxygens (including phenoxy) is 1. The number of para-hydroxylation sites is 2. The van der Waals surface area contributed by atoms with Gasteiger partial charge in [0.05, 0.1) is 17.1 Å². The zero-order chi connectivity index (χ0) is 17.1. The van der Waals surface area contributed by atoms with Gasteiger partial charge in [0.2, 0.25) is 0 Å². The van der Waals surface area contributed by atoms with Crippen molar-refractivity contribution in [2.45, 2.75) is 11.3 Å². The number of thioether (sulfide) groups is 1. The van der Waals surface area contributed by atoms with Crippen molar-refractivity contribution in [3.63, 3.8) is 0 Å². The van der Waals surface area contributed by atoms with E-state index in [-0.39, 0.29) is 6.61 Å². The summed E-state index contributed by atoms with van der Waals surface area (Å²) in [4.78, 5) is 7.74. The van der Waals surface area contributed by atoms with E-state index >= 15 is 0 Å². The Morgan fingerprint density at radius 1 is 1.00 bits per heavy atom. The van der Waals surface area contributed by atoms with Crippen molar-refractivity contribution >= 4 is 33.6 Å². The summed E-state index contributed by atoms with van der Waals surface area (Å²) in [6.45, 7) is 0.256. The Morgan fingerprint density at radius 2 is 1.80 bits per heavy atom. The number of H-pyrrole nitrogens is 1. The number of hydrogen-bond donors (Lipinski definition) is 2. The van der Waals surface area contributed by atoms with Gasteiger partial charge in [0.1, 0.15) is 12.4 Å². The molecule has 0 fully saturated rings. The van der Waals surface area contributed by atoms with Crippen LogP contribution in [0.25, 0.3) is 21.8 Å². The van der Waals surface area contributed by atoms with Gasteiger partial charge in [-0.25, -0.2) is 4.98 Å². The molecule has 0 saturated heterocycles. The zero-order valence-corrected chi connectivity index (χ0v) is 14.4. The highest BCUT2D eigenvalue weighted by molar-refractivity contribution is 7.99. The molecule has 0 radical (unpaired) electrons. The van der Waals surface area contributed by atoms with E-state index in [0.29, 0.717) is 5.75 Å². The third-order valence-corrected chi connectivity index (χ3v) is 4.96. The molecule has 0 spiro atoms. The van der Waals surface area contributed by atoms with Gasteiger partial charge in [-0.2, -0.15) is 0 Å². The van der Waals surface area contributed by atoms with Crippen LogP contribution < -0.4 is 4.74 Å². The summed E-state index contributed by atoms with van der Waals surface area (Å²) in [5, 5.41) is 13.3. The number of nitrogens with zero attached hydrogens (tertiary/aromatic N) is 1. The van der Waals surface area contributed by atoms with E-state index in [9.17, 15) is 5.11 Å². The van der Waals surface area contributed by atoms with Gasteiger partial charge < -0.3 is 14.8 Å². The number of aliphatic hydroxyl groups excluding tert-OH is 1. The second kappa shape index (κ2) is 7.17. The maximum atomic E-state index is 10.2. The van der Waals surface area contributed by atoms with Crippen LogP contribution in [0.2, 0.25) is 0 Å². The third kappa shape index (κ3) is 3.78. The molecule has 0 saturated carbocycles. The average molecular weight is 350 g/mol. The van der Waals surface area contributed by atoms with Crippen LogP contribution in [0.1, 0.15) is 0 Å². The molecule has 1 unspecified atom stereocenters. The van der Waals surface area contributed by atoms with Crippen LogP contribution in [0.3, 0.4) is 0 Å². The molecule has 0 aliphatic carbocycles. The molecule has 1 aromatic heterocycles. The largest absolute Gasteiger partial charge is 0.491 e. The number of aliphatic hydroxyl groups is 1. The van der Waals surface area contributed by atoms with Crippen LogP contribution in [0, 0.1) is 0 Å². The second-order valence-electron chi connectivity index (χ2n) is 5.84. The monoisotopic (exact) mass is 350 g/mol. The van der Waals surface area contributed by atoms with Crippen LogP contribution in [-0.2, 0) is 0 Å². The summed E-state index contributed by atoms with van der Waals surface area (Å²) < 4.78 is 5.73. The fourth-order valence-electron chi connectivity index (χ4n) is 2.67. The van der Waals surface area contributed by atoms with Crippen molar-refractivity contribution in [3.8, 4) is 5.75 Å². The smallest absolute Gasteiger partial charge is 0.166 e. The highest BCUT2D eigenvalue weighted by Gasteiger charge is 2.09. The van der Waals surface area contributed by atoms with Crippen molar-refractivity contribution in [2.24, 2.45) is 0 Å². The Balaban J connectivity index is 1.32. The van der Waals surface area contributed by atoms with E-state index < -0.39 is 6.10 Å². The molecule has 2 N–H and O–H groups in total. The van der Waals surface area contributed by atoms with Gasteiger partial charge in [-0.15, -0.1) is 0 Å². The quantitative estimate of drug-likeness (QED) is 0.511. The maximum Gasteiger partial charge on any atom is 0.166 e. The van der Waals surface area contributed by atoms with E-state index in [1.165, 1.54) is 17.1 Å². The molecule has 126 valence electrons. The molecule has 4 rings (SSSR count). The minimum atomic E-state index is -0.565. The van der Waals surface area contributed by atoms with Crippen molar-refractivity contribution in [1.82, 2.24) is 9.97 Å². The lowest BCUT2D eigenvalue weighted by molar-refractivity contribution is 0.126. The maximum absolute atomic E-state index is 10.2. The average Bonchev–Trinajstić information content (AvgIpc) is 3.07. The highest BCUT2D eigenvalue weighted by Crippen LogP contribution is 2.22. The van der Waals surface area contributed by atoms with Gasteiger partial charge in [-0.05, 0) is 35.0 Å². The molecular formula is C20H18N2O2S. The Morgan fingerprint density at radius 3 is 2.68 bits per heavy atom. The van der Waals surface area contributed by atoms with Crippen LogP contribution in [0.4, 0.5) is 0 Å². The van der Waals surface area contributed by atoms with Gasteiger partial charge >= 0.3 is 0 Å². The Bertz CT molecular complexity index is 966. The van der Waals surface area contributed by atoms with Gasteiger partial charge in [0, 0.05) is 5.75 Å². The molecular weight excluding hydrogens is 332 g/mol. The predicted octanol–water partition coefficient (Wildman–Crippen LogP) is 4.25. The van der Waals surface area contributed by atoms with Crippen molar-refractivity contribution < 1.29 is 9.84 Å². The fourth-order valence-corrected chi connectivity index (χ4v) is 3.46. The molecule has 0 aliphatic rings. The van der Waals surface area contributed by atoms with Crippen LogP contribution in [0.15, 0.2) is 71.9 Å². The molecule has 3 aromatic carbocycles. The van der Waals surface area contributed by atoms with E-state index in [4.69, 9.17) is 4.74 Å². The summed E-state index contributed by atoms with van der Waals surface area (Å²) in [5.74, 6) is 1.29. The molecule has 0 amide bonds. The third-order valence-electron chi connectivity index (χ3n) is 3.94. The first-order valence-corrected chi connectivity index (χ1v) is 9.14.